The molecule has 0 amide bonds. The molecule has 10 heavy (non-hydrogen) atoms. The minimum absolute atomic E-state index is 1.01. The Bertz CT molecular complexity index is 218. The van der Waals surface area contributed by atoms with Crippen molar-refractivity contribution in [2.45, 2.75) is 25.7 Å². The van der Waals surface area contributed by atoms with Crippen molar-refractivity contribution < 1.29 is 0 Å². The zero-order chi connectivity index (χ0) is 6.97. The first-order valence-electron chi connectivity index (χ1n) is 3.46. The summed E-state index contributed by atoms with van der Waals surface area (Å²) in [4.78, 5) is 3.09. The van der Waals surface area contributed by atoms with Crippen LogP contribution in [0.4, 0.5) is 0 Å². The van der Waals surface area contributed by atoms with Crippen LogP contribution in [-0.2, 0) is 12.8 Å². The first kappa shape index (κ1) is 7.01. The Hall–Kier alpha value is 0.340. The van der Waals surface area contributed by atoms with Crippen molar-refractivity contribution in [3.63, 3.8) is 0 Å². The lowest BCUT2D eigenvalue weighted by Crippen LogP contribution is -1.95. The highest BCUT2D eigenvalue weighted by atomic mass is 35.5. The molecule has 2 rings (SSSR count). The van der Waals surface area contributed by atoms with E-state index < -0.39 is 0 Å². The van der Waals surface area contributed by atoms with Gasteiger partial charge in [-0.2, -0.15) is 0 Å². The molecule has 1 heterocycles. The first-order valence-corrected chi connectivity index (χ1v) is 5.47. The predicted octanol–water partition coefficient (Wildman–Crippen LogP) is 3.62. The molecular weight excluding hydrogens is 184 g/mol. The summed E-state index contributed by atoms with van der Waals surface area (Å²) in [7, 11) is 0. The third kappa shape index (κ3) is 1.20. The lowest BCUT2D eigenvalue weighted by atomic mass is 10.1. The lowest BCUT2D eigenvalue weighted by Gasteiger charge is -2.01. The van der Waals surface area contributed by atoms with Crippen molar-refractivity contribution >= 4 is 34.3 Å². The third-order valence-electron chi connectivity index (χ3n) is 1.78. The molecule has 0 aromatic carbocycles. The molecule has 1 aromatic rings. The maximum absolute atomic E-state index is 5.89. The van der Waals surface area contributed by atoms with Crippen molar-refractivity contribution in [2.75, 3.05) is 0 Å². The smallest absolute Gasteiger partial charge is 0.0460 e. The highest BCUT2D eigenvalue weighted by Gasteiger charge is 2.23. The fourth-order valence-electron chi connectivity index (χ4n) is 1.28. The van der Waals surface area contributed by atoms with Crippen LogP contribution < -0.4 is 0 Å². The third-order valence-corrected chi connectivity index (χ3v) is 4.58. The van der Waals surface area contributed by atoms with E-state index in [1.807, 2.05) is 0 Å². The van der Waals surface area contributed by atoms with Crippen molar-refractivity contribution in [3.05, 3.63) is 13.4 Å². The molecule has 0 fully saturated rings. The van der Waals surface area contributed by atoms with Crippen LogP contribution in [0.5, 0.6) is 0 Å². The Morgan fingerprint density at radius 3 is 2.90 bits per heavy atom. The van der Waals surface area contributed by atoms with E-state index >= 15 is 0 Å². The summed E-state index contributed by atoms with van der Waals surface area (Å²) in [5.74, 6) is 0. The molecule has 0 atom stereocenters. The fourth-order valence-corrected chi connectivity index (χ4v) is 4.17. The van der Waals surface area contributed by atoms with Crippen LogP contribution in [-0.4, -0.2) is 0 Å². The average Bonchev–Trinajstić information content (AvgIpc) is 2.27. The van der Waals surface area contributed by atoms with Crippen molar-refractivity contribution in [2.24, 2.45) is 0 Å². The van der Waals surface area contributed by atoms with Crippen LogP contribution in [0.3, 0.4) is 0 Å². The van der Waals surface area contributed by atoms with E-state index in [1.54, 1.807) is 32.4 Å². The summed E-state index contributed by atoms with van der Waals surface area (Å²) in [5.41, 5.74) is 0. The molecule has 0 bridgehead atoms. The number of rotatable bonds is 0. The molecule has 1 aromatic heterocycles. The van der Waals surface area contributed by atoms with Gasteiger partial charge in [0.2, 0.25) is 0 Å². The van der Waals surface area contributed by atoms with Gasteiger partial charge in [0, 0.05) is 12.8 Å². The Morgan fingerprint density at radius 1 is 1.30 bits per heavy atom. The molecule has 0 spiro atoms. The largest absolute Gasteiger partial charge is 0.347 e. The summed E-state index contributed by atoms with van der Waals surface area (Å²) >= 11 is 9.44. The molecule has 0 radical (unpaired) electrons. The summed E-state index contributed by atoms with van der Waals surface area (Å²) in [5, 5.41) is 0. The predicted molar refractivity (Wildman–Crippen MR) is 48.3 cm³/mol. The monoisotopic (exact) mass is 191 g/mol. The van der Waals surface area contributed by atoms with E-state index in [0.29, 0.717) is 0 Å². The maximum Gasteiger partial charge on any atom is 0.347 e. The van der Waals surface area contributed by atoms with Crippen molar-refractivity contribution in [3.8, 4) is 0 Å². The molecule has 0 saturated heterocycles. The number of aryl methyl sites for hydroxylation is 2. The molecular formula is C7H8ClS2+. The number of halogens is 1. The van der Waals surface area contributed by atoms with Gasteiger partial charge in [-0.15, -0.1) is 0 Å². The second kappa shape index (κ2) is 2.76. The minimum atomic E-state index is 1.01. The highest BCUT2D eigenvalue weighted by Crippen LogP contribution is 2.37. The number of hydrogen-bond donors (Lipinski definition) is 0. The zero-order valence-electron chi connectivity index (χ0n) is 5.52. The van der Waals surface area contributed by atoms with Gasteiger partial charge < -0.3 is 0 Å². The second-order valence-corrected chi connectivity index (χ2v) is 5.79. The Kier molecular flexibility index (Phi) is 1.94. The van der Waals surface area contributed by atoms with Crippen LogP contribution >= 0.6 is 34.3 Å². The van der Waals surface area contributed by atoms with Crippen molar-refractivity contribution in [1.29, 1.82) is 0 Å². The molecule has 0 nitrogen and oxygen atoms in total. The second-order valence-electron chi connectivity index (χ2n) is 2.50. The Labute approximate surface area is 73.5 Å². The van der Waals surface area contributed by atoms with Crippen LogP contribution in [0.1, 0.15) is 22.6 Å². The molecule has 54 valence electrons. The standard InChI is InChI=1S/C7H8ClS2/c8-7-9-5-3-1-2-4-6(5)10-7/h1-4H2/q+1. The summed E-state index contributed by atoms with van der Waals surface area (Å²) in [6.45, 7) is 0. The Morgan fingerprint density at radius 2 is 2.10 bits per heavy atom. The van der Waals surface area contributed by atoms with E-state index in [2.05, 4.69) is 0 Å². The van der Waals surface area contributed by atoms with Gasteiger partial charge in [0.25, 0.3) is 0 Å². The van der Waals surface area contributed by atoms with Gasteiger partial charge in [0.1, 0.15) is 32.4 Å². The molecule has 0 unspecified atom stereocenters. The van der Waals surface area contributed by atoms with Crippen LogP contribution in [0.25, 0.3) is 0 Å². The average molecular weight is 192 g/mol. The van der Waals surface area contributed by atoms with Gasteiger partial charge in [0.05, 0.1) is 0 Å². The minimum Gasteiger partial charge on any atom is -0.0460 e. The lowest BCUT2D eigenvalue weighted by molar-refractivity contribution is 0.705. The van der Waals surface area contributed by atoms with Crippen LogP contribution in [0, 0.1) is 0 Å². The molecule has 0 N–H and O–H groups in total. The van der Waals surface area contributed by atoms with Gasteiger partial charge >= 0.3 is 3.65 Å². The molecule has 0 saturated carbocycles. The normalized spacial score (nSPS) is 16.9. The molecule has 3 heteroatoms. The van der Waals surface area contributed by atoms with E-state index in [9.17, 15) is 0 Å². The van der Waals surface area contributed by atoms with Crippen LogP contribution in [0.15, 0.2) is 0 Å². The molecule has 1 aliphatic carbocycles. The molecule has 1 aliphatic rings. The van der Waals surface area contributed by atoms with Gasteiger partial charge in [-0.1, -0.05) is 0 Å². The topological polar surface area (TPSA) is 0 Å². The number of hydrogen-bond acceptors (Lipinski definition) is 1. The van der Waals surface area contributed by atoms with Gasteiger partial charge in [-0.3, -0.25) is 0 Å². The van der Waals surface area contributed by atoms with E-state index in [4.69, 9.17) is 11.6 Å². The SMILES string of the molecule is Clc1sc2c([s+]1)CCCC2. The van der Waals surface area contributed by atoms with E-state index in [1.165, 1.54) is 25.7 Å². The van der Waals surface area contributed by atoms with Gasteiger partial charge in [-0.05, 0) is 24.4 Å². The van der Waals surface area contributed by atoms with E-state index in [0.717, 1.165) is 3.65 Å². The maximum atomic E-state index is 5.89. The zero-order valence-corrected chi connectivity index (χ0v) is 7.91. The van der Waals surface area contributed by atoms with E-state index in [-0.39, 0.29) is 0 Å². The summed E-state index contributed by atoms with van der Waals surface area (Å²) in [6.07, 6.45) is 5.25. The van der Waals surface area contributed by atoms with Crippen molar-refractivity contribution in [1.82, 2.24) is 0 Å². The summed E-state index contributed by atoms with van der Waals surface area (Å²) in [6, 6.07) is 0. The van der Waals surface area contributed by atoms with Crippen LogP contribution in [0.2, 0.25) is 3.65 Å². The van der Waals surface area contributed by atoms with Gasteiger partial charge in [-0.25, -0.2) is 0 Å². The first-order chi connectivity index (χ1) is 4.86. The number of fused-ring (bicyclic) bond motifs is 1. The fraction of sp³-hybridized carbons (Fsp3) is 0.571. The highest BCUT2D eigenvalue weighted by molar-refractivity contribution is 7.36. The van der Waals surface area contributed by atoms with Gasteiger partial charge in [0.15, 0.2) is 0 Å². The summed E-state index contributed by atoms with van der Waals surface area (Å²) < 4.78 is 1.01. The quantitative estimate of drug-likeness (QED) is 0.550. The molecule has 0 aliphatic heterocycles. The Balaban J connectivity index is 2.41.